The Balaban J connectivity index is 2.08. The lowest BCUT2D eigenvalue weighted by Crippen LogP contribution is -2.53. The highest BCUT2D eigenvalue weighted by Crippen LogP contribution is 2.33. The van der Waals surface area contributed by atoms with Crippen LogP contribution in [-0.4, -0.2) is 58.0 Å². The molecule has 0 unspecified atom stereocenters. The Kier molecular flexibility index (Phi) is 11.2. The molecule has 220 valence electrons. The highest BCUT2D eigenvalue weighted by molar-refractivity contribution is 7.92. The van der Waals surface area contributed by atoms with E-state index < -0.39 is 28.5 Å². The number of para-hydroxylation sites is 2. The molecule has 0 fully saturated rings. The van der Waals surface area contributed by atoms with Crippen LogP contribution in [0.3, 0.4) is 0 Å². The zero-order valence-electron chi connectivity index (χ0n) is 24.2. The summed E-state index contributed by atoms with van der Waals surface area (Å²) in [6, 6.07) is 21.0. The maximum atomic E-state index is 14.1. The largest absolute Gasteiger partial charge is 0.497 e. The van der Waals surface area contributed by atoms with Gasteiger partial charge in [-0.1, -0.05) is 56.3 Å². The first-order valence-electron chi connectivity index (χ1n) is 13.6. The fraction of sp³-hybridized carbons (Fsp3) is 0.355. The van der Waals surface area contributed by atoms with Crippen LogP contribution in [0, 0.1) is 0 Å². The molecule has 0 saturated carbocycles. The Morgan fingerprint density at radius 3 is 2.07 bits per heavy atom. The molecular weight excluding hydrogens is 542 g/mol. The quantitative estimate of drug-likeness (QED) is 0.298. The van der Waals surface area contributed by atoms with Crippen LogP contribution >= 0.6 is 0 Å². The predicted molar refractivity (Wildman–Crippen MR) is 159 cm³/mol. The van der Waals surface area contributed by atoms with Crippen molar-refractivity contribution in [1.82, 2.24) is 10.2 Å². The summed E-state index contributed by atoms with van der Waals surface area (Å²) in [5.41, 5.74) is 1.02. The van der Waals surface area contributed by atoms with Gasteiger partial charge in [-0.05, 0) is 61.7 Å². The molecule has 9 nitrogen and oxygen atoms in total. The molecule has 0 aliphatic carbocycles. The van der Waals surface area contributed by atoms with Crippen molar-refractivity contribution in [3.05, 3.63) is 84.4 Å². The molecule has 0 heterocycles. The number of anilines is 1. The molecule has 41 heavy (non-hydrogen) atoms. The number of nitrogens with one attached hydrogen (secondary N) is 1. The van der Waals surface area contributed by atoms with E-state index in [9.17, 15) is 18.0 Å². The topological polar surface area (TPSA) is 105 Å². The first kappa shape index (κ1) is 31.5. The summed E-state index contributed by atoms with van der Waals surface area (Å²) in [6.07, 6.45) is 1.08. The van der Waals surface area contributed by atoms with Gasteiger partial charge in [-0.2, -0.15) is 0 Å². The Labute approximate surface area is 243 Å². The van der Waals surface area contributed by atoms with Crippen LogP contribution in [0.4, 0.5) is 5.69 Å². The van der Waals surface area contributed by atoms with Gasteiger partial charge in [0.1, 0.15) is 24.1 Å². The van der Waals surface area contributed by atoms with Gasteiger partial charge in [-0.25, -0.2) is 8.42 Å². The van der Waals surface area contributed by atoms with Crippen LogP contribution in [0.1, 0.15) is 39.2 Å². The van der Waals surface area contributed by atoms with Gasteiger partial charge in [-0.15, -0.1) is 0 Å². The van der Waals surface area contributed by atoms with E-state index in [1.54, 1.807) is 36.4 Å². The zero-order chi connectivity index (χ0) is 30.0. The Morgan fingerprint density at radius 2 is 1.49 bits per heavy atom. The normalized spacial score (nSPS) is 12.6. The number of amides is 2. The molecule has 2 amide bonds. The maximum Gasteiger partial charge on any atom is 0.264 e. The van der Waals surface area contributed by atoms with E-state index in [1.165, 1.54) is 31.3 Å². The fourth-order valence-electron chi connectivity index (χ4n) is 4.36. The number of methoxy groups -OCH3 is 2. The second kappa shape index (κ2) is 14.5. The van der Waals surface area contributed by atoms with E-state index in [4.69, 9.17) is 9.47 Å². The Hall–Kier alpha value is -4.05. The molecule has 0 aliphatic heterocycles. The minimum Gasteiger partial charge on any atom is -0.497 e. The number of rotatable bonds is 14. The second-order valence-corrected chi connectivity index (χ2v) is 11.5. The maximum absolute atomic E-state index is 14.1. The highest BCUT2D eigenvalue weighted by Gasteiger charge is 2.35. The van der Waals surface area contributed by atoms with Crippen molar-refractivity contribution in [3.63, 3.8) is 0 Å². The summed E-state index contributed by atoms with van der Waals surface area (Å²) in [5.74, 6) is -0.0273. The summed E-state index contributed by atoms with van der Waals surface area (Å²) < 4.78 is 39.8. The van der Waals surface area contributed by atoms with Gasteiger partial charge in [0.05, 0.1) is 24.8 Å². The summed E-state index contributed by atoms with van der Waals surface area (Å²) >= 11 is 0. The molecule has 0 radical (unpaired) electrons. The third-order valence-electron chi connectivity index (χ3n) is 6.86. The lowest BCUT2D eigenvalue weighted by atomic mass is 10.1. The van der Waals surface area contributed by atoms with Gasteiger partial charge in [-0.3, -0.25) is 13.9 Å². The monoisotopic (exact) mass is 581 g/mol. The molecule has 3 rings (SSSR count). The number of carbonyl (C=O) groups excluding carboxylic acids is 2. The van der Waals surface area contributed by atoms with E-state index >= 15 is 0 Å². The SMILES string of the molecule is CC[C@H](C)NC(=O)[C@H](CC)N(Cc1ccccc1)C(=O)CN(c1ccccc1OC)S(=O)(=O)c1ccc(OC)cc1. The first-order chi connectivity index (χ1) is 19.7. The molecule has 3 aromatic rings. The van der Waals surface area contributed by atoms with E-state index in [-0.39, 0.29) is 34.8 Å². The average molecular weight is 582 g/mol. The molecular formula is C31H39N3O6S. The fourth-order valence-corrected chi connectivity index (χ4v) is 5.79. The minimum atomic E-state index is -4.24. The van der Waals surface area contributed by atoms with Crippen molar-refractivity contribution in [2.24, 2.45) is 0 Å². The summed E-state index contributed by atoms with van der Waals surface area (Å²) in [7, 11) is -1.31. The van der Waals surface area contributed by atoms with Gasteiger partial charge >= 0.3 is 0 Å². The molecule has 2 atom stereocenters. The molecule has 1 N–H and O–H groups in total. The van der Waals surface area contributed by atoms with Crippen LogP contribution in [0.5, 0.6) is 11.5 Å². The van der Waals surface area contributed by atoms with Gasteiger partial charge in [0, 0.05) is 12.6 Å². The molecule has 3 aromatic carbocycles. The number of ether oxygens (including phenoxy) is 2. The van der Waals surface area contributed by atoms with Gasteiger partial charge in [0.2, 0.25) is 11.8 Å². The number of hydrogen-bond acceptors (Lipinski definition) is 6. The van der Waals surface area contributed by atoms with E-state index in [0.717, 1.165) is 16.3 Å². The molecule has 10 heteroatoms. The third kappa shape index (κ3) is 7.79. The summed E-state index contributed by atoms with van der Waals surface area (Å²) in [5, 5.41) is 2.98. The van der Waals surface area contributed by atoms with Crippen LogP contribution in [0.15, 0.2) is 83.8 Å². The average Bonchev–Trinajstić information content (AvgIpc) is 2.99. The summed E-state index contributed by atoms with van der Waals surface area (Å²) in [6.45, 7) is 5.29. The number of benzene rings is 3. The van der Waals surface area contributed by atoms with Crippen LogP contribution < -0.4 is 19.1 Å². The van der Waals surface area contributed by atoms with Gasteiger partial charge in [0.15, 0.2) is 0 Å². The van der Waals surface area contributed by atoms with Crippen LogP contribution in [0.25, 0.3) is 0 Å². The summed E-state index contributed by atoms with van der Waals surface area (Å²) in [4.78, 5) is 28.9. The van der Waals surface area contributed by atoms with Crippen molar-refractivity contribution in [1.29, 1.82) is 0 Å². The number of hydrogen-bond donors (Lipinski definition) is 1. The first-order valence-corrected chi connectivity index (χ1v) is 15.0. The minimum absolute atomic E-state index is 0.0202. The zero-order valence-corrected chi connectivity index (χ0v) is 25.1. The van der Waals surface area contributed by atoms with E-state index in [2.05, 4.69) is 5.32 Å². The molecule has 0 bridgehead atoms. The molecule has 0 saturated heterocycles. The Bertz CT molecular complexity index is 1400. The second-order valence-electron chi connectivity index (χ2n) is 9.61. The standard InChI is InChI=1S/C31H39N3O6S/c1-6-23(3)32-31(36)27(7-2)33(21-24-13-9-8-10-14-24)30(35)22-34(28-15-11-12-16-29(28)40-5)41(37,38)26-19-17-25(39-4)18-20-26/h8-20,23,27H,6-7,21-22H2,1-5H3,(H,32,36)/t23-,27-/m0/s1. The van der Waals surface area contributed by atoms with Crippen LogP contribution in [-0.2, 0) is 26.2 Å². The number of carbonyl (C=O) groups is 2. The molecule has 0 aromatic heterocycles. The lowest BCUT2D eigenvalue weighted by molar-refractivity contribution is -0.140. The third-order valence-corrected chi connectivity index (χ3v) is 8.64. The smallest absolute Gasteiger partial charge is 0.264 e. The molecule has 0 aliphatic rings. The van der Waals surface area contributed by atoms with Crippen molar-refractivity contribution in [2.75, 3.05) is 25.1 Å². The Morgan fingerprint density at radius 1 is 0.854 bits per heavy atom. The van der Waals surface area contributed by atoms with E-state index in [1.807, 2.05) is 51.1 Å². The lowest BCUT2D eigenvalue weighted by Gasteiger charge is -2.34. The van der Waals surface area contributed by atoms with Gasteiger partial charge in [0.25, 0.3) is 10.0 Å². The van der Waals surface area contributed by atoms with Crippen LogP contribution in [0.2, 0.25) is 0 Å². The van der Waals surface area contributed by atoms with E-state index in [0.29, 0.717) is 12.2 Å². The predicted octanol–water partition coefficient (Wildman–Crippen LogP) is 4.62. The highest BCUT2D eigenvalue weighted by atomic mass is 32.2. The number of sulfonamides is 1. The molecule has 0 spiro atoms. The van der Waals surface area contributed by atoms with Crippen molar-refractivity contribution in [2.45, 2.75) is 57.1 Å². The van der Waals surface area contributed by atoms with Crippen molar-refractivity contribution in [3.8, 4) is 11.5 Å². The van der Waals surface area contributed by atoms with Crippen molar-refractivity contribution < 1.29 is 27.5 Å². The van der Waals surface area contributed by atoms with Gasteiger partial charge < -0.3 is 19.7 Å². The number of nitrogens with zero attached hydrogens (tertiary/aromatic N) is 2. The van der Waals surface area contributed by atoms with Crippen molar-refractivity contribution >= 4 is 27.5 Å².